The largest absolute Gasteiger partial charge is 0.494 e. The van der Waals surface area contributed by atoms with Gasteiger partial charge in [-0.2, -0.15) is 0 Å². The molecule has 1 aliphatic heterocycles. The molecule has 6 heteroatoms. The smallest absolute Gasteiger partial charge is 0.285 e. The van der Waals surface area contributed by atoms with Crippen LogP contribution in [-0.2, 0) is 0 Å². The van der Waals surface area contributed by atoms with Gasteiger partial charge in [0, 0.05) is 6.07 Å². The number of aromatic nitrogens is 4. The molecule has 5 N–H and O–H groups in total. The van der Waals surface area contributed by atoms with Crippen molar-refractivity contribution < 1.29 is 14.7 Å². The van der Waals surface area contributed by atoms with Crippen LogP contribution in [-0.4, -0.2) is 29.7 Å². The zero-order valence-electron chi connectivity index (χ0n) is 18.8. The van der Waals surface area contributed by atoms with Crippen LogP contribution < -0.4 is 20.0 Å². The molecule has 6 nitrogen and oxygen atoms in total. The van der Waals surface area contributed by atoms with Gasteiger partial charge >= 0.3 is 0 Å². The van der Waals surface area contributed by atoms with Crippen LogP contribution in [0.15, 0.2) is 60.7 Å². The number of fused-ring (bicyclic) bond motifs is 2. The summed E-state index contributed by atoms with van der Waals surface area (Å²) < 4.78 is 5.56. The van der Waals surface area contributed by atoms with Crippen molar-refractivity contribution in [2.75, 3.05) is 19.7 Å². The molecule has 2 aromatic heterocycles. The summed E-state index contributed by atoms with van der Waals surface area (Å²) in [5.74, 6) is 3.54. The summed E-state index contributed by atoms with van der Waals surface area (Å²) in [5, 5.41) is 3.46. The standard InChI is InChI=1S/C27H27N5O/c1-2-33-21-7-3-18(4-8-21)26-29-23-10-6-20(16-25(23)31-26)27-30-22-9-5-19(15-24(22)32-27)17-11-13-28-14-12-17/h3-10,15-17,28H,2,11-14H2,1H3,(H,29,31)(H,30,32)/p+2. The van der Waals surface area contributed by atoms with Gasteiger partial charge in [0.25, 0.3) is 11.6 Å². The first-order valence-corrected chi connectivity index (χ1v) is 11.8. The third-order valence-corrected chi connectivity index (χ3v) is 6.66. The highest BCUT2D eigenvalue weighted by Gasteiger charge is 2.20. The highest BCUT2D eigenvalue weighted by Crippen LogP contribution is 2.28. The Kier molecular flexibility index (Phi) is 5.07. The zero-order chi connectivity index (χ0) is 22.2. The summed E-state index contributed by atoms with van der Waals surface area (Å²) in [4.78, 5) is 14.2. The van der Waals surface area contributed by atoms with Gasteiger partial charge < -0.3 is 10.1 Å². The van der Waals surface area contributed by atoms with E-state index in [1.54, 1.807) is 0 Å². The van der Waals surface area contributed by atoms with Gasteiger partial charge in [-0.25, -0.2) is 19.9 Å². The molecule has 33 heavy (non-hydrogen) atoms. The lowest BCUT2D eigenvalue weighted by Crippen LogP contribution is -2.26. The summed E-state index contributed by atoms with van der Waals surface area (Å²) in [6.07, 6.45) is 2.42. The van der Waals surface area contributed by atoms with Crippen molar-refractivity contribution in [3.8, 4) is 28.5 Å². The molecule has 0 bridgehead atoms. The van der Waals surface area contributed by atoms with Crippen LogP contribution in [0.3, 0.4) is 0 Å². The van der Waals surface area contributed by atoms with Crippen LogP contribution in [0.1, 0.15) is 31.2 Å². The van der Waals surface area contributed by atoms with Crippen LogP contribution in [0.2, 0.25) is 0 Å². The van der Waals surface area contributed by atoms with E-state index in [0.29, 0.717) is 12.5 Å². The molecule has 166 valence electrons. The van der Waals surface area contributed by atoms with E-state index in [0.717, 1.165) is 63.7 Å². The van der Waals surface area contributed by atoms with E-state index in [4.69, 9.17) is 4.74 Å². The number of benzene rings is 3. The Morgan fingerprint density at radius 3 is 2.15 bits per heavy atom. The van der Waals surface area contributed by atoms with Crippen molar-refractivity contribution in [3.63, 3.8) is 0 Å². The molecule has 3 aromatic carbocycles. The molecule has 1 fully saturated rings. The fourth-order valence-corrected chi connectivity index (χ4v) is 4.87. The molecular formula is C27H29N5O+2. The van der Waals surface area contributed by atoms with Crippen molar-refractivity contribution >= 4 is 22.1 Å². The lowest BCUT2D eigenvalue weighted by atomic mass is 9.90. The molecule has 0 saturated carbocycles. The number of aromatic amines is 4. The number of rotatable bonds is 5. The summed E-state index contributed by atoms with van der Waals surface area (Å²) in [6.45, 7) is 4.88. The van der Waals surface area contributed by atoms with E-state index in [2.05, 4.69) is 73.8 Å². The fourth-order valence-electron chi connectivity index (χ4n) is 4.87. The molecule has 0 unspecified atom stereocenters. The number of ether oxygens (including phenoxy) is 1. The van der Waals surface area contributed by atoms with E-state index < -0.39 is 0 Å². The minimum atomic E-state index is 0.647. The van der Waals surface area contributed by atoms with Gasteiger partial charge in [0.05, 0.1) is 17.7 Å². The lowest BCUT2D eigenvalue weighted by Gasteiger charge is -2.22. The molecular weight excluding hydrogens is 410 g/mol. The molecule has 0 atom stereocenters. The quantitative estimate of drug-likeness (QED) is 0.377. The average Bonchev–Trinajstić information content (AvgIpc) is 3.48. The van der Waals surface area contributed by atoms with Crippen molar-refractivity contribution in [3.05, 3.63) is 66.2 Å². The predicted molar refractivity (Wildman–Crippen MR) is 130 cm³/mol. The third-order valence-electron chi connectivity index (χ3n) is 6.66. The molecule has 1 aliphatic rings. The van der Waals surface area contributed by atoms with Crippen LogP contribution >= 0.6 is 0 Å². The van der Waals surface area contributed by atoms with Crippen molar-refractivity contribution in [1.82, 2.24) is 15.3 Å². The normalized spacial score (nSPS) is 14.8. The Labute approximate surface area is 192 Å². The van der Waals surface area contributed by atoms with E-state index in [9.17, 15) is 0 Å². The van der Waals surface area contributed by atoms with Crippen LogP contribution in [0.4, 0.5) is 0 Å². The second-order valence-electron chi connectivity index (χ2n) is 8.80. The van der Waals surface area contributed by atoms with Gasteiger partial charge in [-0.1, -0.05) is 6.07 Å². The topological polar surface area (TPSA) is 81.1 Å². The highest BCUT2D eigenvalue weighted by atomic mass is 16.5. The lowest BCUT2D eigenvalue weighted by molar-refractivity contribution is -0.330. The summed E-state index contributed by atoms with van der Waals surface area (Å²) in [5.41, 5.74) is 8.09. The highest BCUT2D eigenvalue weighted by molar-refractivity contribution is 5.81. The zero-order valence-corrected chi connectivity index (χ0v) is 18.8. The van der Waals surface area contributed by atoms with Crippen LogP contribution in [0.25, 0.3) is 44.8 Å². The third kappa shape index (κ3) is 3.87. The van der Waals surface area contributed by atoms with E-state index in [-0.39, 0.29) is 0 Å². The second-order valence-corrected chi connectivity index (χ2v) is 8.80. The SMILES string of the molecule is CCOc1ccc(-c2[nH]c3cc(-c4[nH]c5cc(C6CCNCC6)ccc5[nH+]4)ccc3[nH+]2)cc1. The summed E-state index contributed by atoms with van der Waals surface area (Å²) >= 11 is 0. The van der Waals surface area contributed by atoms with Gasteiger partial charge in [0.15, 0.2) is 22.1 Å². The average molecular weight is 440 g/mol. The number of imidazole rings is 2. The summed E-state index contributed by atoms with van der Waals surface area (Å²) in [7, 11) is 0. The Balaban J connectivity index is 1.30. The molecule has 0 aliphatic carbocycles. The van der Waals surface area contributed by atoms with Crippen molar-refractivity contribution in [1.29, 1.82) is 0 Å². The maximum atomic E-state index is 5.56. The second kappa shape index (κ2) is 8.37. The Bertz CT molecular complexity index is 1410. The maximum absolute atomic E-state index is 5.56. The van der Waals surface area contributed by atoms with Crippen LogP contribution in [0.5, 0.6) is 5.75 Å². The van der Waals surface area contributed by atoms with Gasteiger partial charge in [-0.05, 0) is 92.9 Å². The first kappa shape index (κ1) is 20.0. The number of piperidine rings is 1. The Hall–Kier alpha value is -3.64. The number of H-pyrrole nitrogens is 4. The van der Waals surface area contributed by atoms with Crippen molar-refractivity contribution in [2.24, 2.45) is 0 Å². The monoisotopic (exact) mass is 439 g/mol. The number of hydrogen-bond acceptors (Lipinski definition) is 2. The molecule has 3 heterocycles. The van der Waals surface area contributed by atoms with Crippen LogP contribution in [0, 0.1) is 0 Å². The minimum absolute atomic E-state index is 0.647. The first-order chi connectivity index (χ1) is 16.3. The summed E-state index contributed by atoms with van der Waals surface area (Å²) in [6, 6.07) is 21.4. The molecule has 6 rings (SSSR count). The predicted octanol–water partition coefficient (Wildman–Crippen LogP) is 4.48. The molecule has 0 radical (unpaired) electrons. The maximum Gasteiger partial charge on any atom is 0.285 e. The molecule has 0 amide bonds. The number of nitrogens with one attached hydrogen (secondary N) is 5. The Morgan fingerprint density at radius 1 is 0.788 bits per heavy atom. The van der Waals surface area contributed by atoms with E-state index in [1.165, 1.54) is 18.4 Å². The molecule has 0 spiro atoms. The van der Waals surface area contributed by atoms with Gasteiger partial charge in [0.2, 0.25) is 0 Å². The molecule has 5 aromatic rings. The van der Waals surface area contributed by atoms with Gasteiger partial charge in [-0.15, -0.1) is 0 Å². The first-order valence-electron chi connectivity index (χ1n) is 11.8. The van der Waals surface area contributed by atoms with Gasteiger partial charge in [0.1, 0.15) is 5.75 Å². The number of hydrogen-bond donors (Lipinski definition) is 3. The van der Waals surface area contributed by atoms with Gasteiger partial charge in [-0.3, -0.25) is 0 Å². The Morgan fingerprint density at radius 2 is 1.42 bits per heavy atom. The van der Waals surface area contributed by atoms with Crippen molar-refractivity contribution in [2.45, 2.75) is 25.7 Å². The fraction of sp³-hybridized carbons (Fsp3) is 0.259. The molecule has 1 saturated heterocycles. The van der Waals surface area contributed by atoms with E-state index >= 15 is 0 Å². The van der Waals surface area contributed by atoms with E-state index in [1.807, 2.05) is 19.1 Å². The minimum Gasteiger partial charge on any atom is -0.494 e.